The second-order valence-corrected chi connectivity index (χ2v) is 16.6. The summed E-state index contributed by atoms with van der Waals surface area (Å²) in [6.07, 6.45) is 12.6. The van der Waals surface area contributed by atoms with E-state index in [1.807, 2.05) is 0 Å². The van der Waals surface area contributed by atoms with Crippen LogP contribution in [0.15, 0.2) is 11.1 Å². The number of fused-ring (bicyclic) bond motifs is 6. The van der Waals surface area contributed by atoms with E-state index in [1.54, 1.807) is 11.1 Å². The van der Waals surface area contributed by atoms with Gasteiger partial charge in [-0.2, -0.15) is 0 Å². The van der Waals surface area contributed by atoms with Gasteiger partial charge in [-0.25, -0.2) is 0 Å². The van der Waals surface area contributed by atoms with Gasteiger partial charge in [0.2, 0.25) is 5.91 Å². The summed E-state index contributed by atoms with van der Waals surface area (Å²) in [4.78, 5) is 19.1. The summed E-state index contributed by atoms with van der Waals surface area (Å²) in [5.74, 6) is 2.81. The van der Waals surface area contributed by atoms with Crippen LogP contribution >= 0.6 is 0 Å². The maximum atomic E-state index is 14.2. The average molecular weight is 554 g/mol. The number of likely N-dealkylation sites (N-methyl/N-ethyl adjacent to an activating group) is 1. The largest absolute Gasteiger partial charge is 0.393 e. The Kier molecular flexibility index (Phi) is 7.56. The molecular formula is C35H59N3O2. The maximum absolute atomic E-state index is 14.2. The molecule has 0 aromatic heterocycles. The minimum atomic E-state index is -0.267. The molecule has 1 aliphatic heterocycles. The Balaban J connectivity index is 1.25. The number of nitrogens with zero attached hydrogens (tertiary/aromatic N) is 2. The number of hydrogen-bond donors (Lipinski definition) is 2. The minimum absolute atomic E-state index is 0.113. The average Bonchev–Trinajstić information content (AvgIpc) is 2.91. The Morgan fingerprint density at radius 1 is 0.925 bits per heavy atom. The van der Waals surface area contributed by atoms with Crippen molar-refractivity contribution < 1.29 is 9.90 Å². The maximum Gasteiger partial charge on any atom is 0.230 e. The first-order chi connectivity index (χ1) is 18.9. The first kappa shape index (κ1) is 29.2. The van der Waals surface area contributed by atoms with Crippen LogP contribution in [-0.4, -0.2) is 73.2 Å². The monoisotopic (exact) mass is 553 g/mol. The number of allylic oxidation sites excluding steroid dienone is 1. The SMILES string of the molecule is CC1C(O)CCC2(C)C1CCC1(C)C3CCC4(C(=O)NCCN5CCN(C)CC5)CCC(C)(C)CC4=C3CCC12. The fourth-order valence-corrected chi connectivity index (χ4v) is 11.5. The van der Waals surface area contributed by atoms with Crippen LogP contribution < -0.4 is 5.32 Å². The number of piperazine rings is 1. The van der Waals surface area contributed by atoms with Crippen molar-refractivity contribution in [3.63, 3.8) is 0 Å². The van der Waals surface area contributed by atoms with Crippen molar-refractivity contribution in [2.24, 2.45) is 45.3 Å². The molecule has 6 rings (SSSR count). The summed E-state index contributed by atoms with van der Waals surface area (Å²) in [5, 5.41) is 14.2. The minimum Gasteiger partial charge on any atom is -0.393 e. The van der Waals surface area contributed by atoms with Gasteiger partial charge in [-0.1, -0.05) is 45.8 Å². The van der Waals surface area contributed by atoms with Gasteiger partial charge < -0.3 is 15.3 Å². The second kappa shape index (κ2) is 10.4. The predicted octanol–water partition coefficient (Wildman–Crippen LogP) is 5.88. The molecule has 5 nitrogen and oxygen atoms in total. The molecule has 5 fully saturated rings. The number of aliphatic hydroxyl groups excluding tert-OH is 1. The van der Waals surface area contributed by atoms with Crippen molar-refractivity contribution in [1.82, 2.24) is 15.1 Å². The van der Waals surface area contributed by atoms with Crippen molar-refractivity contribution >= 4 is 5.91 Å². The third kappa shape index (κ3) is 4.64. The third-order valence-corrected chi connectivity index (χ3v) is 14.0. The van der Waals surface area contributed by atoms with Gasteiger partial charge in [0.05, 0.1) is 11.5 Å². The van der Waals surface area contributed by atoms with E-state index in [0.717, 1.165) is 77.3 Å². The van der Waals surface area contributed by atoms with Crippen LogP contribution in [0.1, 0.15) is 105 Å². The van der Waals surface area contributed by atoms with E-state index in [4.69, 9.17) is 0 Å². The Morgan fingerprint density at radius 3 is 2.40 bits per heavy atom. The van der Waals surface area contributed by atoms with Crippen LogP contribution in [0.5, 0.6) is 0 Å². The lowest BCUT2D eigenvalue weighted by Crippen LogP contribution is -2.59. The zero-order valence-electron chi connectivity index (χ0n) is 26.7. The molecule has 1 saturated heterocycles. The normalized spacial score (nSPS) is 45.6. The number of rotatable bonds is 4. The molecule has 0 radical (unpaired) electrons. The van der Waals surface area contributed by atoms with Crippen molar-refractivity contribution in [3.8, 4) is 0 Å². The van der Waals surface area contributed by atoms with Gasteiger partial charge in [-0.3, -0.25) is 9.69 Å². The zero-order valence-corrected chi connectivity index (χ0v) is 26.7. The van der Waals surface area contributed by atoms with E-state index in [-0.39, 0.29) is 16.9 Å². The number of amides is 1. The lowest BCUT2D eigenvalue weighted by atomic mass is 9.39. The van der Waals surface area contributed by atoms with Crippen LogP contribution in [0.25, 0.3) is 0 Å². The third-order valence-electron chi connectivity index (χ3n) is 14.0. The van der Waals surface area contributed by atoms with Crippen LogP contribution in [-0.2, 0) is 4.79 Å². The van der Waals surface area contributed by atoms with Gasteiger partial charge in [0.15, 0.2) is 0 Å². The highest BCUT2D eigenvalue weighted by Crippen LogP contribution is 2.70. The number of nitrogens with one attached hydrogen (secondary N) is 1. The lowest BCUT2D eigenvalue weighted by molar-refractivity contribution is -0.159. The molecule has 4 saturated carbocycles. The molecule has 1 amide bonds. The zero-order chi connectivity index (χ0) is 28.5. The first-order valence-electron chi connectivity index (χ1n) is 17.0. The van der Waals surface area contributed by atoms with E-state index in [9.17, 15) is 9.90 Å². The van der Waals surface area contributed by atoms with Crippen molar-refractivity contribution in [2.45, 2.75) is 111 Å². The van der Waals surface area contributed by atoms with Crippen LogP contribution in [0.3, 0.4) is 0 Å². The Labute approximate surface area is 244 Å². The van der Waals surface area contributed by atoms with Crippen molar-refractivity contribution in [2.75, 3.05) is 46.3 Å². The Hall–Kier alpha value is -0.910. The molecule has 40 heavy (non-hydrogen) atoms. The summed E-state index contributed by atoms with van der Waals surface area (Å²) in [5.41, 5.74) is 4.00. The number of aliphatic hydroxyl groups is 1. The van der Waals surface area contributed by atoms with Crippen molar-refractivity contribution in [1.29, 1.82) is 0 Å². The smallest absolute Gasteiger partial charge is 0.230 e. The second-order valence-electron chi connectivity index (χ2n) is 16.6. The van der Waals surface area contributed by atoms with Crippen LogP contribution in [0, 0.1) is 45.3 Å². The van der Waals surface area contributed by atoms with Crippen LogP contribution in [0.4, 0.5) is 0 Å². The van der Waals surface area contributed by atoms with Gasteiger partial charge in [-0.05, 0) is 118 Å². The Morgan fingerprint density at radius 2 is 1.65 bits per heavy atom. The number of hydrogen-bond acceptors (Lipinski definition) is 4. The van der Waals surface area contributed by atoms with Gasteiger partial charge in [0.1, 0.15) is 0 Å². The van der Waals surface area contributed by atoms with Gasteiger partial charge >= 0.3 is 0 Å². The van der Waals surface area contributed by atoms with E-state index in [1.165, 1.54) is 38.5 Å². The van der Waals surface area contributed by atoms with E-state index < -0.39 is 0 Å². The fourth-order valence-electron chi connectivity index (χ4n) is 11.5. The molecule has 0 bridgehead atoms. The summed E-state index contributed by atoms with van der Waals surface area (Å²) in [6, 6.07) is 0. The highest BCUT2D eigenvalue weighted by molar-refractivity contribution is 5.86. The van der Waals surface area contributed by atoms with E-state index in [2.05, 4.69) is 56.8 Å². The quantitative estimate of drug-likeness (QED) is 0.427. The topological polar surface area (TPSA) is 55.8 Å². The molecular weight excluding hydrogens is 494 g/mol. The molecule has 8 unspecified atom stereocenters. The molecule has 2 N–H and O–H groups in total. The molecule has 8 atom stereocenters. The number of carbonyl (C=O) groups excluding carboxylic acids is 1. The highest BCUT2D eigenvalue weighted by Gasteiger charge is 2.63. The summed E-state index contributed by atoms with van der Waals surface area (Å²) < 4.78 is 0. The van der Waals surface area contributed by atoms with Gasteiger partial charge in [0.25, 0.3) is 0 Å². The molecule has 0 aromatic rings. The number of carbonyl (C=O) groups is 1. The summed E-state index contributed by atoms with van der Waals surface area (Å²) in [7, 11) is 2.20. The van der Waals surface area contributed by atoms with E-state index in [0.29, 0.717) is 34.5 Å². The Bertz CT molecular complexity index is 1010. The standard InChI is InChI=1S/C35H59N3O2/c1-24-26-9-12-34(5)27-10-14-35(31(40)36-17-18-38-21-19-37(6)20-22-38)16-15-32(2,3)23-28(35)25(27)7-8-30(34)33(26,4)13-11-29(24)39/h24,26-27,29-30,39H,7-23H2,1-6H3,(H,36,40). The van der Waals surface area contributed by atoms with Gasteiger partial charge in [0, 0.05) is 39.3 Å². The highest BCUT2D eigenvalue weighted by atomic mass is 16.3. The molecule has 5 aliphatic carbocycles. The van der Waals surface area contributed by atoms with Gasteiger partial charge in [-0.15, -0.1) is 0 Å². The first-order valence-corrected chi connectivity index (χ1v) is 17.0. The molecule has 1 heterocycles. The molecule has 226 valence electrons. The fraction of sp³-hybridized carbons (Fsp3) is 0.914. The molecule has 6 aliphatic rings. The molecule has 0 spiro atoms. The predicted molar refractivity (Wildman–Crippen MR) is 163 cm³/mol. The van der Waals surface area contributed by atoms with Crippen LogP contribution in [0.2, 0.25) is 0 Å². The molecule has 5 heteroatoms. The molecule has 0 aromatic carbocycles. The van der Waals surface area contributed by atoms with Crippen molar-refractivity contribution in [3.05, 3.63) is 11.1 Å². The summed E-state index contributed by atoms with van der Waals surface area (Å²) in [6.45, 7) is 18.7. The summed E-state index contributed by atoms with van der Waals surface area (Å²) >= 11 is 0. The lowest BCUT2D eigenvalue weighted by Gasteiger charge is -2.66. The van der Waals surface area contributed by atoms with E-state index >= 15 is 0 Å².